The van der Waals surface area contributed by atoms with E-state index in [1.54, 1.807) is 6.07 Å². The molecule has 4 heteroatoms. The lowest BCUT2D eigenvalue weighted by Crippen LogP contribution is -1.88. The first-order valence-electron chi connectivity index (χ1n) is 4.56. The first-order valence-corrected chi connectivity index (χ1v) is 4.56. The fourth-order valence-corrected chi connectivity index (χ4v) is 1.61. The Balaban J connectivity index is 2.90. The molecule has 0 saturated carbocycles. The van der Waals surface area contributed by atoms with Gasteiger partial charge in [0.2, 0.25) is 0 Å². The normalized spacial score (nSPS) is 10.2. The van der Waals surface area contributed by atoms with E-state index in [1.807, 2.05) is 0 Å². The van der Waals surface area contributed by atoms with Crippen LogP contribution in [0.5, 0.6) is 11.5 Å². The molecule has 0 aromatic heterocycles. The number of carbonyl (C=O) groups excluding carboxylic acids is 2. The summed E-state index contributed by atoms with van der Waals surface area (Å²) in [6.07, 6.45) is 1.04. The molecular weight excluding hydrogens is 208 g/mol. The van der Waals surface area contributed by atoms with E-state index in [2.05, 4.69) is 0 Å². The summed E-state index contributed by atoms with van der Waals surface area (Å²) in [6.45, 7) is 0. The lowest BCUT2D eigenvalue weighted by molar-refractivity contribution is 0.111. The standard InChI is InChI=1S/C12H8O4/c13-5-8-3-7-1-2-11(15)10(6-14)9(7)4-12(8)16/h1-6,15-16H. The van der Waals surface area contributed by atoms with Crippen molar-refractivity contribution < 1.29 is 19.8 Å². The second kappa shape index (κ2) is 3.66. The van der Waals surface area contributed by atoms with E-state index in [0.717, 1.165) is 0 Å². The molecule has 0 aliphatic heterocycles. The number of phenols is 2. The van der Waals surface area contributed by atoms with Gasteiger partial charge in [-0.25, -0.2) is 0 Å². The molecule has 0 bridgehead atoms. The molecule has 2 N–H and O–H groups in total. The molecule has 0 radical (unpaired) electrons. The van der Waals surface area contributed by atoms with Crippen molar-refractivity contribution in [2.45, 2.75) is 0 Å². The van der Waals surface area contributed by atoms with Crippen molar-refractivity contribution >= 4 is 23.3 Å². The molecule has 0 saturated heterocycles. The number of hydrogen-bond acceptors (Lipinski definition) is 4. The molecule has 4 nitrogen and oxygen atoms in total. The number of phenolic OH excluding ortho intramolecular Hbond substituents is 2. The average molecular weight is 216 g/mol. The second-order valence-electron chi connectivity index (χ2n) is 3.37. The Kier molecular flexibility index (Phi) is 2.32. The van der Waals surface area contributed by atoms with Crippen molar-refractivity contribution in [2.75, 3.05) is 0 Å². The van der Waals surface area contributed by atoms with E-state index in [0.29, 0.717) is 23.3 Å². The summed E-state index contributed by atoms with van der Waals surface area (Å²) in [5, 5.41) is 20.0. The van der Waals surface area contributed by atoms with Crippen molar-refractivity contribution in [3.8, 4) is 11.5 Å². The van der Waals surface area contributed by atoms with Gasteiger partial charge in [-0.3, -0.25) is 9.59 Å². The van der Waals surface area contributed by atoms with Crippen LogP contribution in [0.15, 0.2) is 24.3 Å². The van der Waals surface area contributed by atoms with Crippen LogP contribution in [0.2, 0.25) is 0 Å². The second-order valence-corrected chi connectivity index (χ2v) is 3.37. The molecule has 2 rings (SSSR count). The predicted octanol–water partition coefficient (Wildman–Crippen LogP) is 1.88. The van der Waals surface area contributed by atoms with Gasteiger partial charge >= 0.3 is 0 Å². The largest absolute Gasteiger partial charge is 0.507 e. The molecule has 0 amide bonds. The minimum atomic E-state index is -0.212. The fourth-order valence-electron chi connectivity index (χ4n) is 1.61. The van der Waals surface area contributed by atoms with Crippen LogP contribution in [0.3, 0.4) is 0 Å². The van der Waals surface area contributed by atoms with E-state index in [9.17, 15) is 19.8 Å². The Morgan fingerprint density at radius 3 is 2.31 bits per heavy atom. The zero-order valence-corrected chi connectivity index (χ0v) is 8.18. The van der Waals surface area contributed by atoms with Crippen molar-refractivity contribution in [1.29, 1.82) is 0 Å². The summed E-state index contributed by atoms with van der Waals surface area (Å²) in [7, 11) is 0. The van der Waals surface area contributed by atoms with Crippen LogP contribution in [0.4, 0.5) is 0 Å². The maximum Gasteiger partial charge on any atom is 0.154 e. The first kappa shape index (κ1) is 10.2. The van der Waals surface area contributed by atoms with Gasteiger partial charge in [-0.1, -0.05) is 6.07 Å². The zero-order valence-electron chi connectivity index (χ0n) is 8.18. The van der Waals surface area contributed by atoms with Crippen molar-refractivity contribution in [1.82, 2.24) is 0 Å². The lowest BCUT2D eigenvalue weighted by Gasteiger charge is -2.05. The SMILES string of the molecule is O=Cc1cc2ccc(O)c(C=O)c2cc1O. The summed E-state index contributed by atoms with van der Waals surface area (Å²) in [4.78, 5) is 21.4. The number of aromatic hydroxyl groups is 2. The van der Waals surface area contributed by atoms with Crippen molar-refractivity contribution in [2.24, 2.45) is 0 Å². The lowest BCUT2D eigenvalue weighted by atomic mass is 10.0. The van der Waals surface area contributed by atoms with Gasteiger partial charge in [-0.05, 0) is 29.0 Å². The van der Waals surface area contributed by atoms with Crippen molar-refractivity contribution in [3.05, 3.63) is 35.4 Å². The third-order valence-electron chi connectivity index (χ3n) is 2.43. The van der Waals surface area contributed by atoms with E-state index >= 15 is 0 Å². The minimum Gasteiger partial charge on any atom is -0.507 e. The molecule has 0 aliphatic carbocycles. The molecule has 0 aliphatic rings. The van der Waals surface area contributed by atoms with Crippen LogP contribution in [0, 0.1) is 0 Å². The number of fused-ring (bicyclic) bond motifs is 1. The summed E-state index contributed by atoms with van der Waals surface area (Å²) in [6, 6.07) is 5.70. The molecular formula is C12H8O4. The molecule has 0 heterocycles. The summed E-state index contributed by atoms with van der Waals surface area (Å²) < 4.78 is 0. The first-order chi connectivity index (χ1) is 7.67. The maximum atomic E-state index is 10.8. The predicted molar refractivity (Wildman–Crippen MR) is 58.1 cm³/mol. The number of hydrogen-bond donors (Lipinski definition) is 2. The highest BCUT2D eigenvalue weighted by Crippen LogP contribution is 2.30. The molecule has 2 aromatic carbocycles. The van der Waals surface area contributed by atoms with Gasteiger partial charge in [0.25, 0.3) is 0 Å². The molecule has 16 heavy (non-hydrogen) atoms. The Morgan fingerprint density at radius 2 is 1.69 bits per heavy atom. The van der Waals surface area contributed by atoms with Gasteiger partial charge in [-0.15, -0.1) is 0 Å². The van der Waals surface area contributed by atoms with Gasteiger partial charge in [0.05, 0.1) is 11.1 Å². The molecule has 80 valence electrons. The minimum absolute atomic E-state index is 0.102. The Morgan fingerprint density at radius 1 is 0.938 bits per heavy atom. The zero-order chi connectivity index (χ0) is 11.7. The molecule has 2 aromatic rings. The molecule has 0 unspecified atom stereocenters. The Bertz CT molecular complexity index is 587. The maximum absolute atomic E-state index is 10.8. The smallest absolute Gasteiger partial charge is 0.154 e. The number of benzene rings is 2. The van der Waals surface area contributed by atoms with Crippen LogP contribution in [-0.4, -0.2) is 22.8 Å². The quantitative estimate of drug-likeness (QED) is 0.751. The summed E-state index contributed by atoms with van der Waals surface area (Å²) in [5.74, 6) is -0.364. The van der Waals surface area contributed by atoms with Gasteiger partial charge in [0.1, 0.15) is 11.5 Å². The van der Waals surface area contributed by atoms with Crippen LogP contribution in [0.25, 0.3) is 10.8 Å². The highest BCUT2D eigenvalue weighted by molar-refractivity contribution is 6.03. The van der Waals surface area contributed by atoms with E-state index in [-0.39, 0.29) is 22.6 Å². The average Bonchev–Trinajstić information content (AvgIpc) is 2.28. The van der Waals surface area contributed by atoms with E-state index < -0.39 is 0 Å². The fraction of sp³-hybridized carbons (Fsp3) is 0. The van der Waals surface area contributed by atoms with E-state index in [4.69, 9.17) is 0 Å². The van der Waals surface area contributed by atoms with Crippen LogP contribution in [-0.2, 0) is 0 Å². The highest BCUT2D eigenvalue weighted by atomic mass is 16.3. The van der Waals surface area contributed by atoms with Gasteiger partial charge in [0.15, 0.2) is 12.6 Å². The topological polar surface area (TPSA) is 74.6 Å². The van der Waals surface area contributed by atoms with E-state index in [1.165, 1.54) is 18.2 Å². The molecule has 0 spiro atoms. The van der Waals surface area contributed by atoms with Crippen LogP contribution in [0.1, 0.15) is 20.7 Å². The van der Waals surface area contributed by atoms with Crippen LogP contribution >= 0.6 is 0 Å². The molecule has 0 fully saturated rings. The summed E-state index contributed by atoms with van der Waals surface area (Å²) >= 11 is 0. The Hall–Kier alpha value is -2.36. The van der Waals surface area contributed by atoms with Crippen LogP contribution < -0.4 is 0 Å². The van der Waals surface area contributed by atoms with Gasteiger partial charge in [0, 0.05) is 0 Å². The van der Waals surface area contributed by atoms with Gasteiger partial charge in [-0.2, -0.15) is 0 Å². The summed E-state index contributed by atoms with van der Waals surface area (Å²) in [5.41, 5.74) is 0.250. The number of rotatable bonds is 2. The monoisotopic (exact) mass is 216 g/mol. The van der Waals surface area contributed by atoms with Crippen molar-refractivity contribution in [3.63, 3.8) is 0 Å². The Labute approximate surface area is 90.8 Å². The third-order valence-corrected chi connectivity index (χ3v) is 2.43. The van der Waals surface area contributed by atoms with Gasteiger partial charge < -0.3 is 10.2 Å². The number of carbonyl (C=O) groups is 2. The molecule has 0 atom stereocenters. The third kappa shape index (κ3) is 1.40. The number of aldehydes is 2. The highest BCUT2D eigenvalue weighted by Gasteiger charge is 2.09.